The molecule has 2 N–H and O–H groups in total. The Morgan fingerprint density at radius 3 is 2.47 bits per heavy atom. The second kappa shape index (κ2) is 7.08. The van der Waals surface area contributed by atoms with Gasteiger partial charge >= 0.3 is 0 Å². The molecule has 0 aromatic heterocycles. The van der Waals surface area contributed by atoms with Crippen LogP contribution in [-0.2, 0) is 15.6 Å². The minimum absolute atomic E-state index is 0.000244. The van der Waals surface area contributed by atoms with Crippen LogP contribution >= 0.6 is 0 Å². The van der Waals surface area contributed by atoms with E-state index in [4.69, 9.17) is 5.73 Å². The maximum Gasteiger partial charge on any atom is 0.235 e. The Balaban J connectivity index is 2.31. The fourth-order valence-electron chi connectivity index (χ4n) is 1.70. The zero-order valence-electron chi connectivity index (χ0n) is 10.7. The van der Waals surface area contributed by atoms with Crippen LogP contribution < -0.4 is 5.73 Å². The van der Waals surface area contributed by atoms with Gasteiger partial charge in [-0.2, -0.15) is 0 Å². The van der Waals surface area contributed by atoms with Crippen molar-refractivity contribution in [2.45, 2.75) is 19.4 Å². The second-order valence-electron chi connectivity index (χ2n) is 4.60. The quantitative estimate of drug-likeness (QED) is 0.707. The van der Waals surface area contributed by atoms with Gasteiger partial charge in [-0.1, -0.05) is 6.92 Å². The number of nitrogens with two attached hydrogens (primary N) is 1. The first-order valence-corrected chi connectivity index (χ1v) is 7.58. The lowest BCUT2D eigenvalue weighted by atomic mass is 10.3. The van der Waals surface area contributed by atoms with Crippen LogP contribution in [-0.4, -0.2) is 70.7 Å². The Bertz CT molecular complexity index is 278. The first-order chi connectivity index (χ1) is 8.02. The standard InChI is InChI=1S/C11H23N3O2S/c1-3-10(12)8-17(16)9-11(15)14-6-4-13(2)5-7-14/h10H,3-9,12H2,1-2H3. The zero-order valence-corrected chi connectivity index (χ0v) is 11.5. The number of hydrogen-bond acceptors (Lipinski definition) is 4. The smallest absolute Gasteiger partial charge is 0.235 e. The molecule has 2 atom stereocenters. The van der Waals surface area contributed by atoms with Crippen molar-refractivity contribution >= 4 is 16.7 Å². The van der Waals surface area contributed by atoms with Gasteiger partial charge in [-0.3, -0.25) is 9.00 Å². The van der Waals surface area contributed by atoms with Gasteiger partial charge in [-0.25, -0.2) is 0 Å². The second-order valence-corrected chi connectivity index (χ2v) is 6.10. The fourth-order valence-corrected chi connectivity index (χ4v) is 2.99. The summed E-state index contributed by atoms with van der Waals surface area (Å²) in [5, 5.41) is 0. The fraction of sp³-hybridized carbons (Fsp3) is 0.909. The summed E-state index contributed by atoms with van der Waals surface area (Å²) in [6, 6.07) is -0.0591. The molecular formula is C11H23N3O2S. The molecule has 1 aliphatic heterocycles. The maximum atomic E-state index is 11.9. The van der Waals surface area contributed by atoms with Crippen LogP contribution in [0, 0.1) is 0 Å². The van der Waals surface area contributed by atoms with E-state index in [1.807, 2.05) is 14.0 Å². The number of rotatable bonds is 5. The van der Waals surface area contributed by atoms with Crippen molar-refractivity contribution in [2.24, 2.45) is 5.73 Å². The molecule has 1 amide bonds. The predicted octanol–water partition coefficient (Wildman–Crippen LogP) is -0.754. The highest BCUT2D eigenvalue weighted by molar-refractivity contribution is 7.85. The number of nitrogens with zero attached hydrogens (tertiary/aromatic N) is 2. The summed E-state index contributed by atoms with van der Waals surface area (Å²) >= 11 is 0. The molecule has 0 saturated carbocycles. The number of amides is 1. The van der Waals surface area contributed by atoms with Crippen LogP contribution in [0.25, 0.3) is 0 Å². The van der Waals surface area contributed by atoms with Gasteiger partial charge in [0, 0.05) is 48.8 Å². The summed E-state index contributed by atoms with van der Waals surface area (Å²) in [7, 11) is 0.922. The molecule has 0 aliphatic carbocycles. The lowest BCUT2D eigenvalue weighted by Gasteiger charge is -2.32. The number of hydrogen-bond donors (Lipinski definition) is 1. The van der Waals surface area contributed by atoms with Crippen LogP contribution in [0.15, 0.2) is 0 Å². The van der Waals surface area contributed by atoms with Gasteiger partial charge in [0.05, 0.1) is 0 Å². The molecule has 0 spiro atoms. The first-order valence-electron chi connectivity index (χ1n) is 6.09. The lowest BCUT2D eigenvalue weighted by molar-refractivity contribution is -0.129. The lowest BCUT2D eigenvalue weighted by Crippen LogP contribution is -2.48. The minimum Gasteiger partial charge on any atom is -0.339 e. The monoisotopic (exact) mass is 261 g/mol. The Hall–Kier alpha value is -0.460. The third-order valence-electron chi connectivity index (χ3n) is 3.06. The average molecular weight is 261 g/mol. The minimum atomic E-state index is -1.12. The Morgan fingerprint density at radius 1 is 1.35 bits per heavy atom. The SMILES string of the molecule is CCC(N)CS(=O)CC(=O)N1CCN(C)CC1. The van der Waals surface area contributed by atoms with Crippen molar-refractivity contribution in [3.8, 4) is 0 Å². The molecule has 0 aromatic carbocycles. The van der Waals surface area contributed by atoms with E-state index in [-0.39, 0.29) is 17.7 Å². The Morgan fingerprint density at radius 2 is 1.94 bits per heavy atom. The maximum absolute atomic E-state index is 11.9. The topological polar surface area (TPSA) is 66.6 Å². The number of likely N-dealkylation sites (N-methyl/N-ethyl adjacent to an activating group) is 1. The van der Waals surface area contributed by atoms with Gasteiger partial charge in [0.15, 0.2) is 0 Å². The first kappa shape index (κ1) is 14.6. The molecule has 0 radical (unpaired) electrons. The van der Waals surface area contributed by atoms with E-state index in [9.17, 15) is 9.00 Å². The van der Waals surface area contributed by atoms with Gasteiger partial charge in [0.25, 0.3) is 0 Å². The van der Waals surface area contributed by atoms with Crippen molar-refractivity contribution in [1.29, 1.82) is 0 Å². The molecule has 0 aromatic rings. The Labute approximate surface area is 106 Å². The number of carbonyl (C=O) groups excluding carboxylic acids is 1. The highest BCUT2D eigenvalue weighted by Gasteiger charge is 2.21. The van der Waals surface area contributed by atoms with Crippen molar-refractivity contribution < 1.29 is 9.00 Å². The molecule has 1 heterocycles. The van der Waals surface area contributed by atoms with Crippen LogP contribution in [0.2, 0.25) is 0 Å². The third-order valence-corrected chi connectivity index (χ3v) is 4.43. The van der Waals surface area contributed by atoms with E-state index in [2.05, 4.69) is 4.90 Å². The average Bonchev–Trinajstić information content (AvgIpc) is 2.29. The van der Waals surface area contributed by atoms with Crippen molar-refractivity contribution in [2.75, 3.05) is 44.7 Å². The molecule has 5 nitrogen and oxygen atoms in total. The summed E-state index contributed by atoms with van der Waals surface area (Å²) < 4.78 is 11.7. The van der Waals surface area contributed by atoms with Gasteiger partial charge in [0.1, 0.15) is 5.75 Å². The zero-order chi connectivity index (χ0) is 12.8. The summed E-state index contributed by atoms with van der Waals surface area (Å²) in [6.07, 6.45) is 0.800. The molecule has 1 fully saturated rings. The van der Waals surface area contributed by atoms with E-state index in [0.29, 0.717) is 5.75 Å². The molecule has 0 bridgehead atoms. The highest BCUT2D eigenvalue weighted by atomic mass is 32.2. The normalized spacial score (nSPS) is 21.2. The van der Waals surface area contributed by atoms with Crippen molar-refractivity contribution in [3.05, 3.63) is 0 Å². The summed E-state index contributed by atoms with van der Waals surface area (Å²) in [5.74, 6) is 0.549. The van der Waals surface area contributed by atoms with E-state index < -0.39 is 10.8 Å². The molecule has 1 aliphatic rings. The molecule has 17 heavy (non-hydrogen) atoms. The van der Waals surface area contributed by atoms with Crippen LogP contribution in [0.5, 0.6) is 0 Å². The molecule has 1 rings (SSSR count). The van der Waals surface area contributed by atoms with Gasteiger partial charge in [-0.05, 0) is 13.5 Å². The highest BCUT2D eigenvalue weighted by Crippen LogP contribution is 2.01. The predicted molar refractivity (Wildman–Crippen MR) is 70.2 cm³/mol. The molecular weight excluding hydrogens is 238 g/mol. The van der Waals surface area contributed by atoms with Crippen LogP contribution in [0.3, 0.4) is 0 Å². The third kappa shape index (κ3) is 5.14. The Kier molecular flexibility index (Phi) is 6.08. The van der Waals surface area contributed by atoms with Gasteiger partial charge < -0.3 is 15.5 Å². The molecule has 1 saturated heterocycles. The van der Waals surface area contributed by atoms with Crippen LogP contribution in [0.4, 0.5) is 0 Å². The summed E-state index contributed by atoms with van der Waals surface area (Å²) in [4.78, 5) is 15.8. The largest absolute Gasteiger partial charge is 0.339 e. The number of carbonyl (C=O) groups is 1. The van der Waals surface area contributed by atoms with Crippen LogP contribution in [0.1, 0.15) is 13.3 Å². The molecule has 2 unspecified atom stereocenters. The summed E-state index contributed by atoms with van der Waals surface area (Å²) in [6.45, 7) is 5.24. The number of piperazine rings is 1. The van der Waals surface area contributed by atoms with Gasteiger partial charge in [0.2, 0.25) is 5.91 Å². The van der Waals surface area contributed by atoms with Gasteiger partial charge in [-0.15, -0.1) is 0 Å². The van der Waals surface area contributed by atoms with Crippen molar-refractivity contribution in [1.82, 2.24) is 9.80 Å². The van der Waals surface area contributed by atoms with E-state index >= 15 is 0 Å². The van der Waals surface area contributed by atoms with E-state index in [1.54, 1.807) is 4.90 Å². The summed E-state index contributed by atoms with van der Waals surface area (Å²) in [5.41, 5.74) is 5.72. The molecule has 6 heteroatoms. The molecule has 100 valence electrons. The van der Waals surface area contributed by atoms with Crippen molar-refractivity contribution in [3.63, 3.8) is 0 Å². The van der Waals surface area contributed by atoms with E-state index in [1.165, 1.54) is 0 Å². The van der Waals surface area contributed by atoms with E-state index in [0.717, 1.165) is 32.6 Å².